The number of rotatable bonds is 1. The van der Waals surface area contributed by atoms with Crippen LogP contribution in [-0.4, -0.2) is 17.2 Å². The summed E-state index contributed by atoms with van der Waals surface area (Å²) >= 11 is 0. The van der Waals surface area contributed by atoms with Gasteiger partial charge in [0, 0.05) is 11.4 Å². The van der Waals surface area contributed by atoms with Crippen molar-refractivity contribution in [3.8, 4) is 0 Å². The SMILES string of the molecule is C[C@]1(C(=O)[O-])CCCCCC[C@@H]1O. The molecule has 1 fully saturated rings. The Kier molecular flexibility index (Phi) is 3.31. The average Bonchev–Trinajstić information content (AvgIpc) is 2.07. The van der Waals surface area contributed by atoms with E-state index in [1.54, 1.807) is 6.92 Å². The van der Waals surface area contributed by atoms with Crippen molar-refractivity contribution < 1.29 is 15.0 Å². The first-order valence-electron chi connectivity index (χ1n) is 4.97. The molecule has 0 heterocycles. The predicted octanol–water partition coefficient (Wildman–Crippen LogP) is 0.458. The predicted molar refractivity (Wildman–Crippen MR) is 46.8 cm³/mol. The van der Waals surface area contributed by atoms with Gasteiger partial charge >= 0.3 is 0 Å². The summed E-state index contributed by atoms with van der Waals surface area (Å²) < 4.78 is 0. The van der Waals surface area contributed by atoms with Gasteiger partial charge in [-0.2, -0.15) is 0 Å². The topological polar surface area (TPSA) is 60.4 Å². The second-order valence-corrected chi connectivity index (χ2v) is 4.17. The second kappa shape index (κ2) is 4.09. The van der Waals surface area contributed by atoms with Gasteiger partial charge in [-0.15, -0.1) is 0 Å². The maximum atomic E-state index is 10.9. The van der Waals surface area contributed by atoms with Crippen LogP contribution in [0.15, 0.2) is 0 Å². The van der Waals surface area contributed by atoms with Crippen LogP contribution < -0.4 is 5.11 Å². The molecule has 1 rings (SSSR count). The molecule has 0 saturated heterocycles. The second-order valence-electron chi connectivity index (χ2n) is 4.17. The quantitative estimate of drug-likeness (QED) is 0.645. The fourth-order valence-electron chi connectivity index (χ4n) is 1.91. The van der Waals surface area contributed by atoms with Crippen molar-refractivity contribution in [2.45, 2.75) is 51.6 Å². The number of aliphatic hydroxyl groups is 1. The molecule has 13 heavy (non-hydrogen) atoms. The van der Waals surface area contributed by atoms with Gasteiger partial charge in [0.15, 0.2) is 0 Å². The van der Waals surface area contributed by atoms with Crippen molar-refractivity contribution in [1.82, 2.24) is 0 Å². The maximum Gasteiger partial charge on any atom is 0.0645 e. The summed E-state index contributed by atoms with van der Waals surface area (Å²) in [5.41, 5.74) is -1.03. The summed E-state index contributed by atoms with van der Waals surface area (Å²) in [6.07, 6.45) is 4.35. The fourth-order valence-corrected chi connectivity index (χ4v) is 1.91. The summed E-state index contributed by atoms with van der Waals surface area (Å²) in [6.45, 7) is 1.60. The lowest BCUT2D eigenvalue weighted by atomic mass is 9.76. The molecule has 1 saturated carbocycles. The molecule has 0 spiro atoms. The van der Waals surface area contributed by atoms with E-state index in [4.69, 9.17) is 0 Å². The molecule has 1 N–H and O–H groups in total. The largest absolute Gasteiger partial charge is 0.549 e. The molecule has 1 aliphatic carbocycles. The van der Waals surface area contributed by atoms with E-state index in [2.05, 4.69) is 0 Å². The first-order valence-corrected chi connectivity index (χ1v) is 4.97. The molecule has 1 aliphatic rings. The minimum absolute atomic E-state index is 0.538. The summed E-state index contributed by atoms with van der Waals surface area (Å²) in [4.78, 5) is 10.9. The summed E-state index contributed by atoms with van der Waals surface area (Å²) in [7, 11) is 0. The van der Waals surface area contributed by atoms with Crippen LogP contribution in [0.3, 0.4) is 0 Å². The van der Waals surface area contributed by atoms with E-state index in [9.17, 15) is 15.0 Å². The summed E-state index contributed by atoms with van der Waals surface area (Å²) in [5.74, 6) is -1.11. The lowest BCUT2D eigenvalue weighted by Crippen LogP contribution is -2.48. The van der Waals surface area contributed by atoms with Gasteiger partial charge in [0.25, 0.3) is 0 Å². The molecule has 0 aromatic carbocycles. The minimum Gasteiger partial charge on any atom is -0.549 e. The van der Waals surface area contributed by atoms with Gasteiger partial charge < -0.3 is 15.0 Å². The van der Waals surface area contributed by atoms with E-state index >= 15 is 0 Å². The van der Waals surface area contributed by atoms with Crippen molar-refractivity contribution in [3.63, 3.8) is 0 Å². The molecule has 0 aromatic heterocycles. The van der Waals surface area contributed by atoms with E-state index in [0.717, 1.165) is 25.7 Å². The number of aliphatic hydroxyl groups excluding tert-OH is 1. The number of hydrogen-bond donors (Lipinski definition) is 1. The Labute approximate surface area is 78.8 Å². The van der Waals surface area contributed by atoms with Crippen LogP contribution in [0.1, 0.15) is 45.4 Å². The van der Waals surface area contributed by atoms with Crippen LogP contribution in [0.4, 0.5) is 0 Å². The van der Waals surface area contributed by atoms with Gasteiger partial charge in [-0.1, -0.05) is 32.6 Å². The van der Waals surface area contributed by atoms with E-state index in [0.29, 0.717) is 12.8 Å². The number of aliphatic carboxylic acids is 1. The highest BCUT2D eigenvalue weighted by Crippen LogP contribution is 2.33. The van der Waals surface area contributed by atoms with E-state index in [1.165, 1.54) is 0 Å². The van der Waals surface area contributed by atoms with Crippen LogP contribution in [-0.2, 0) is 4.79 Å². The Bertz CT molecular complexity index is 191. The highest BCUT2D eigenvalue weighted by Gasteiger charge is 2.34. The van der Waals surface area contributed by atoms with Gasteiger partial charge in [0.1, 0.15) is 0 Å². The van der Waals surface area contributed by atoms with Crippen LogP contribution in [0.25, 0.3) is 0 Å². The molecule has 0 aliphatic heterocycles. The van der Waals surface area contributed by atoms with Gasteiger partial charge in [-0.05, 0) is 12.8 Å². The molecule has 3 nitrogen and oxygen atoms in total. The Morgan fingerprint density at radius 3 is 2.62 bits per heavy atom. The summed E-state index contributed by atoms with van der Waals surface area (Å²) in [5, 5.41) is 20.6. The van der Waals surface area contributed by atoms with Crippen LogP contribution in [0, 0.1) is 5.41 Å². The zero-order valence-corrected chi connectivity index (χ0v) is 8.08. The Morgan fingerprint density at radius 2 is 2.00 bits per heavy atom. The van der Waals surface area contributed by atoms with Gasteiger partial charge in [-0.3, -0.25) is 0 Å². The molecule has 0 bridgehead atoms. The first-order chi connectivity index (χ1) is 6.07. The fraction of sp³-hybridized carbons (Fsp3) is 0.900. The van der Waals surface area contributed by atoms with Gasteiger partial charge in [0.2, 0.25) is 0 Å². The zero-order valence-electron chi connectivity index (χ0n) is 8.08. The van der Waals surface area contributed by atoms with Crippen molar-refractivity contribution >= 4 is 5.97 Å². The van der Waals surface area contributed by atoms with Crippen molar-refractivity contribution in [2.75, 3.05) is 0 Å². The molecular formula is C10H17O3-. The van der Waals surface area contributed by atoms with Crippen LogP contribution >= 0.6 is 0 Å². The van der Waals surface area contributed by atoms with E-state index in [1.807, 2.05) is 0 Å². The number of carbonyl (C=O) groups is 1. The van der Waals surface area contributed by atoms with Crippen LogP contribution in [0.2, 0.25) is 0 Å². The van der Waals surface area contributed by atoms with E-state index in [-0.39, 0.29) is 0 Å². The highest BCUT2D eigenvalue weighted by molar-refractivity contribution is 5.72. The minimum atomic E-state index is -1.11. The number of carboxylic acids is 1. The third kappa shape index (κ3) is 2.21. The Morgan fingerprint density at radius 1 is 1.38 bits per heavy atom. The smallest absolute Gasteiger partial charge is 0.0645 e. The lowest BCUT2D eigenvalue weighted by molar-refractivity contribution is -0.323. The molecule has 76 valence electrons. The van der Waals surface area contributed by atoms with Crippen molar-refractivity contribution in [2.24, 2.45) is 5.41 Å². The number of carboxylic acid groups (broad SMARTS) is 1. The highest BCUT2D eigenvalue weighted by atomic mass is 16.4. The van der Waals surface area contributed by atoms with Crippen LogP contribution in [0.5, 0.6) is 0 Å². The maximum absolute atomic E-state index is 10.9. The molecule has 0 radical (unpaired) electrons. The average molecular weight is 185 g/mol. The third-order valence-electron chi connectivity index (χ3n) is 3.13. The standard InChI is InChI=1S/C10H18O3/c1-10(9(12)13)7-5-3-2-4-6-8(10)11/h8,11H,2-7H2,1H3,(H,12,13)/p-1/t8-,10-/m0/s1. The molecule has 3 heteroatoms. The molecule has 0 amide bonds. The molecule has 2 atom stereocenters. The zero-order chi connectivity index (χ0) is 9.90. The Hall–Kier alpha value is -0.570. The first kappa shape index (κ1) is 10.5. The molecule has 0 unspecified atom stereocenters. The number of hydrogen-bond acceptors (Lipinski definition) is 3. The van der Waals surface area contributed by atoms with Crippen molar-refractivity contribution in [1.29, 1.82) is 0 Å². The Balaban J connectivity index is 2.71. The third-order valence-corrected chi connectivity index (χ3v) is 3.13. The number of carbonyl (C=O) groups excluding carboxylic acids is 1. The normalized spacial score (nSPS) is 36.3. The monoisotopic (exact) mass is 185 g/mol. The van der Waals surface area contributed by atoms with Gasteiger partial charge in [-0.25, -0.2) is 0 Å². The van der Waals surface area contributed by atoms with E-state index < -0.39 is 17.5 Å². The van der Waals surface area contributed by atoms with Gasteiger partial charge in [0.05, 0.1) is 6.10 Å². The molecular weight excluding hydrogens is 168 g/mol. The molecule has 0 aromatic rings. The lowest BCUT2D eigenvalue weighted by Gasteiger charge is -2.37. The van der Waals surface area contributed by atoms with Crippen molar-refractivity contribution in [3.05, 3.63) is 0 Å². The summed E-state index contributed by atoms with van der Waals surface area (Å²) in [6, 6.07) is 0.